The molecule has 10 heteroatoms. The Labute approximate surface area is 204 Å². The summed E-state index contributed by atoms with van der Waals surface area (Å²) in [5, 5.41) is 3.89. The fourth-order valence-corrected chi connectivity index (χ4v) is 4.26. The molecule has 0 spiro atoms. The predicted octanol–water partition coefficient (Wildman–Crippen LogP) is 3.62. The third-order valence-electron chi connectivity index (χ3n) is 4.83. The molecule has 0 aliphatic heterocycles. The summed E-state index contributed by atoms with van der Waals surface area (Å²) < 4.78 is 46.7. The lowest BCUT2D eigenvalue weighted by Crippen LogP contribution is -2.24. The Balaban J connectivity index is 1.62. The minimum atomic E-state index is -4.06. The van der Waals surface area contributed by atoms with Crippen molar-refractivity contribution >= 4 is 22.2 Å². The van der Waals surface area contributed by atoms with Gasteiger partial charge in [0.2, 0.25) is 0 Å². The first kappa shape index (κ1) is 25.6. The highest BCUT2D eigenvalue weighted by atomic mass is 32.2. The summed E-state index contributed by atoms with van der Waals surface area (Å²) in [4.78, 5) is 12.1. The Morgan fingerprint density at radius 2 is 1.63 bits per heavy atom. The Hall–Kier alpha value is -4.05. The zero-order valence-electron chi connectivity index (χ0n) is 19.8. The number of carbonyl (C=O) groups is 1. The maximum absolute atomic E-state index is 12.8. The van der Waals surface area contributed by atoms with E-state index < -0.39 is 16.0 Å². The fourth-order valence-electron chi connectivity index (χ4n) is 3.00. The van der Waals surface area contributed by atoms with E-state index in [1.54, 1.807) is 63.4 Å². The molecule has 0 aliphatic rings. The molecule has 0 aliphatic carbocycles. The molecule has 35 heavy (non-hydrogen) atoms. The third kappa shape index (κ3) is 6.97. The SMILES string of the molecule is COc1ccc(OCC(=O)N/N=C/c2ccc(OS(=O)(=O)c3cc(C)ccc3C)c(OC)c2)cc1. The van der Waals surface area contributed by atoms with E-state index >= 15 is 0 Å². The molecule has 0 aromatic heterocycles. The van der Waals surface area contributed by atoms with Crippen molar-refractivity contribution in [3.63, 3.8) is 0 Å². The van der Waals surface area contributed by atoms with Crippen molar-refractivity contribution in [2.45, 2.75) is 18.7 Å². The summed E-state index contributed by atoms with van der Waals surface area (Å²) in [6, 6.07) is 16.5. The summed E-state index contributed by atoms with van der Waals surface area (Å²) in [7, 11) is -1.11. The maximum Gasteiger partial charge on any atom is 0.339 e. The molecule has 184 valence electrons. The number of ether oxygens (including phenoxy) is 3. The van der Waals surface area contributed by atoms with E-state index in [4.69, 9.17) is 18.4 Å². The molecule has 0 unspecified atom stereocenters. The molecule has 3 aromatic carbocycles. The molecular formula is C25H26N2O7S. The van der Waals surface area contributed by atoms with Crippen LogP contribution in [0.2, 0.25) is 0 Å². The summed E-state index contributed by atoms with van der Waals surface area (Å²) >= 11 is 0. The van der Waals surface area contributed by atoms with Crippen LogP contribution in [0.3, 0.4) is 0 Å². The fraction of sp³-hybridized carbons (Fsp3) is 0.200. The largest absolute Gasteiger partial charge is 0.497 e. The summed E-state index contributed by atoms with van der Waals surface area (Å²) in [5.41, 5.74) is 4.28. The minimum Gasteiger partial charge on any atom is -0.497 e. The number of nitrogens with one attached hydrogen (secondary N) is 1. The van der Waals surface area contributed by atoms with E-state index in [0.717, 1.165) is 5.56 Å². The van der Waals surface area contributed by atoms with Crippen LogP contribution in [0.25, 0.3) is 0 Å². The van der Waals surface area contributed by atoms with Gasteiger partial charge in [0.1, 0.15) is 16.4 Å². The molecule has 0 saturated carbocycles. The number of benzene rings is 3. The minimum absolute atomic E-state index is 0.0301. The van der Waals surface area contributed by atoms with Gasteiger partial charge in [-0.25, -0.2) is 5.43 Å². The number of hydrogen-bond acceptors (Lipinski definition) is 8. The number of nitrogens with zero attached hydrogens (tertiary/aromatic N) is 1. The van der Waals surface area contributed by atoms with Crippen LogP contribution in [0.15, 0.2) is 70.7 Å². The first-order valence-corrected chi connectivity index (χ1v) is 11.9. The molecule has 0 radical (unpaired) electrons. The van der Waals surface area contributed by atoms with Crippen LogP contribution in [-0.4, -0.2) is 41.4 Å². The van der Waals surface area contributed by atoms with Gasteiger partial charge in [-0.15, -0.1) is 0 Å². The Bertz CT molecular complexity index is 1320. The summed E-state index contributed by atoms with van der Waals surface area (Å²) in [5.74, 6) is 0.963. The normalized spacial score (nSPS) is 11.2. The van der Waals surface area contributed by atoms with Gasteiger partial charge in [-0.2, -0.15) is 13.5 Å². The van der Waals surface area contributed by atoms with E-state index in [-0.39, 0.29) is 23.0 Å². The second kappa shape index (κ2) is 11.4. The zero-order valence-corrected chi connectivity index (χ0v) is 20.6. The van der Waals surface area contributed by atoms with Crippen LogP contribution in [0.4, 0.5) is 0 Å². The molecule has 0 atom stereocenters. The molecule has 9 nitrogen and oxygen atoms in total. The highest BCUT2D eigenvalue weighted by Crippen LogP contribution is 2.31. The lowest BCUT2D eigenvalue weighted by Gasteiger charge is -2.13. The molecule has 1 amide bonds. The van der Waals surface area contributed by atoms with Gasteiger partial charge in [0.25, 0.3) is 5.91 Å². The van der Waals surface area contributed by atoms with Gasteiger partial charge in [0.15, 0.2) is 18.1 Å². The monoisotopic (exact) mass is 498 g/mol. The second-order valence-corrected chi connectivity index (χ2v) is 8.99. The molecular weight excluding hydrogens is 472 g/mol. The van der Waals surface area contributed by atoms with E-state index in [2.05, 4.69) is 10.5 Å². The quantitative estimate of drug-likeness (QED) is 0.258. The van der Waals surface area contributed by atoms with E-state index in [1.807, 2.05) is 6.07 Å². The first-order chi connectivity index (χ1) is 16.7. The molecule has 3 rings (SSSR count). The van der Waals surface area contributed by atoms with E-state index in [1.165, 1.54) is 25.5 Å². The molecule has 0 fully saturated rings. The smallest absolute Gasteiger partial charge is 0.339 e. The number of hydrazone groups is 1. The molecule has 3 aromatic rings. The number of aryl methyl sites for hydroxylation is 2. The second-order valence-electron chi connectivity index (χ2n) is 7.47. The zero-order chi connectivity index (χ0) is 25.4. The molecule has 1 N–H and O–H groups in total. The number of carbonyl (C=O) groups excluding carboxylic acids is 1. The van der Waals surface area contributed by atoms with Gasteiger partial charge >= 0.3 is 10.1 Å². The Kier molecular flexibility index (Phi) is 8.32. The van der Waals surface area contributed by atoms with Crippen LogP contribution in [0.1, 0.15) is 16.7 Å². The highest BCUT2D eigenvalue weighted by molar-refractivity contribution is 7.87. The van der Waals surface area contributed by atoms with Gasteiger partial charge in [-0.05, 0) is 79.1 Å². The average molecular weight is 499 g/mol. The number of methoxy groups -OCH3 is 2. The lowest BCUT2D eigenvalue weighted by atomic mass is 10.2. The predicted molar refractivity (Wildman–Crippen MR) is 131 cm³/mol. The van der Waals surface area contributed by atoms with Crippen molar-refractivity contribution in [2.24, 2.45) is 5.10 Å². The summed E-state index contributed by atoms with van der Waals surface area (Å²) in [6.07, 6.45) is 1.39. The number of amides is 1. The van der Waals surface area contributed by atoms with Gasteiger partial charge < -0.3 is 18.4 Å². The van der Waals surface area contributed by atoms with Crippen molar-refractivity contribution < 1.29 is 31.6 Å². The molecule has 0 bridgehead atoms. The average Bonchev–Trinajstić information content (AvgIpc) is 2.85. The van der Waals surface area contributed by atoms with Gasteiger partial charge in [-0.1, -0.05) is 12.1 Å². The molecule has 0 saturated heterocycles. The van der Waals surface area contributed by atoms with E-state index in [0.29, 0.717) is 22.6 Å². The highest BCUT2D eigenvalue weighted by Gasteiger charge is 2.21. The Morgan fingerprint density at radius 1 is 0.914 bits per heavy atom. The van der Waals surface area contributed by atoms with Crippen LogP contribution < -0.4 is 23.8 Å². The van der Waals surface area contributed by atoms with Crippen LogP contribution >= 0.6 is 0 Å². The first-order valence-electron chi connectivity index (χ1n) is 10.5. The van der Waals surface area contributed by atoms with Crippen LogP contribution in [-0.2, 0) is 14.9 Å². The van der Waals surface area contributed by atoms with Crippen molar-refractivity contribution in [3.8, 4) is 23.0 Å². The standard InChI is InChI=1S/C25H26N2O7S/c1-17-5-6-18(2)24(13-17)35(29,30)34-22-12-7-19(14-23(22)32-4)15-26-27-25(28)16-33-21-10-8-20(31-3)9-11-21/h5-15H,16H2,1-4H3,(H,27,28)/b26-15+. The van der Waals surface area contributed by atoms with E-state index in [9.17, 15) is 13.2 Å². The van der Waals surface area contributed by atoms with Crippen LogP contribution in [0, 0.1) is 13.8 Å². The third-order valence-corrected chi connectivity index (χ3v) is 6.21. The number of hydrogen-bond donors (Lipinski definition) is 1. The van der Waals surface area contributed by atoms with Gasteiger partial charge in [-0.3, -0.25) is 4.79 Å². The molecule has 0 heterocycles. The van der Waals surface area contributed by atoms with Gasteiger partial charge in [0.05, 0.1) is 20.4 Å². The topological polar surface area (TPSA) is 113 Å². The van der Waals surface area contributed by atoms with Crippen molar-refractivity contribution in [3.05, 3.63) is 77.4 Å². The van der Waals surface area contributed by atoms with Crippen LogP contribution in [0.5, 0.6) is 23.0 Å². The number of rotatable bonds is 10. The van der Waals surface area contributed by atoms with Crippen molar-refractivity contribution in [1.82, 2.24) is 5.43 Å². The Morgan fingerprint density at radius 3 is 2.31 bits per heavy atom. The van der Waals surface area contributed by atoms with Crippen molar-refractivity contribution in [2.75, 3.05) is 20.8 Å². The summed E-state index contributed by atoms with van der Waals surface area (Å²) in [6.45, 7) is 3.27. The van der Waals surface area contributed by atoms with Crippen molar-refractivity contribution in [1.29, 1.82) is 0 Å². The van der Waals surface area contributed by atoms with Gasteiger partial charge in [0, 0.05) is 0 Å². The maximum atomic E-state index is 12.8. The lowest BCUT2D eigenvalue weighted by molar-refractivity contribution is -0.123.